The molecule has 1 aromatic carbocycles. The minimum absolute atomic E-state index is 0.0319. The monoisotopic (exact) mass is 256 g/mol. The van der Waals surface area contributed by atoms with Crippen LogP contribution in [0.15, 0.2) is 36.4 Å². The zero-order valence-corrected chi connectivity index (χ0v) is 10.5. The van der Waals surface area contributed by atoms with E-state index in [2.05, 4.69) is 10.2 Å². The molecule has 1 heterocycles. The van der Waals surface area contributed by atoms with E-state index in [-0.39, 0.29) is 5.91 Å². The van der Waals surface area contributed by atoms with Crippen LogP contribution in [0.5, 0.6) is 0 Å². The number of benzene rings is 1. The number of aromatic nitrogens is 2. The highest BCUT2D eigenvalue weighted by Gasteiger charge is 2.33. The molecule has 0 aliphatic heterocycles. The predicted octanol–water partition coefficient (Wildman–Crippen LogP) is 1.80. The van der Waals surface area contributed by atoms with Gasteiger partial charge in [-0.1, -0.05) is 30.3 Å². The van der Waals surface area contributed by atoms with E-state index >= 15 is 0 Å². The minimum Gasteiger partial charge on any atom is -0.382 e. The maximum absolute atomic E-state index is 12.4. The van der Waals surface area contributed by atoms with Crippen molar-refractivity contribution in [3.05, 3.63) is 47.7 Å². The smallest absolute Gasteiger partial charge is 0.272 e. The van der Waals surface area contributed by atoms with Crippen molar-refractivity contribution in [3.63, 3.8) is 0 Å². The SMILES string of the molecule is Nc1cc(C(=O)N(Cc2ccccc2)C2CC2)[nH]n1. The summed E-state index contributed by atoms with van der Waals surface area (Å²) in [7, 11) is 0. The highest BCUT2D eigenvalue weighted by Crippen LogP contribution is 2.29. The van der Waals surface area contributed by atoms with E-state index < -0.39 is 0 Å². The number of nitrogens with one attached hydrogen (secondary N) is 1. The number of carbonyl (C=O) groups excluding carboxylic acids is 1. The Balaban J connectivity index is 1.79. The molecule has 1 fully saturated rings. The van der Waals surface area contributed by atoms with Crippen LogP contribution >= 0.6 is 0 Å². The van der Waals surface area contributed by atoms with E-state index in [1.54, 1.807) is 6.07 Å². The number of nitrogens with zero attached hydrogens (tertiary/aromatic N) is 2. The van der Waals surface area contributed by atoms with E-state index in [0.717, 1.165) is 18.4 Å². The summed E-state index contributed by atoms with van der Waals surface area (Å²) in [6.07, 6.45) is 2.14. The molecule has 1 aliphatic rings. The van der Waals surface area contributed by atoms with Gasteiger partial charge in [0.15, 0.2) is 0 Å². The first-order valence-electron chi connectivity index (χ1n) is 6.40. The van der Waals surface area contributed by atoms with Crippen LogP contribution in [0.4, 0.5) is 5.82 Å². The highest BCUT2D eigenvalue weighted by atomic mass is 16.2. The Morgan fingerprint density at radius 3 is 2.68 bits per heavy atom. The second-order valence-corrected chi connectivity index (χ2v) is 4.86. The molecule has 0 saturated heterocycles. The fourth-order valence-corrected chi connectivity index (χ4v) is 2.13. The fourth-order valence-electron chi connectivity index (χ4n) is 2.13. The Kier molecular flexibility index (Phi) is 2.95. The van der Waals surface area contributed by atoms with Gasteiger partial charge >= 0.3 is 0 Å². The fraction of sp³-hybridized carbons (Fsp3) is 0.286. The quantitative estimate of drug-likeness (QED) is 0.875. The molecular formula is C14H16N4O. The number of anilines is 1. The largest absolute Gasteiger partial charge is 0.382 e. The third kappa shape index (κ3) is 2.59. The first kappa shape index (κ1) is 11.8. The number of aromatic amines is 1. The summed E-state index contributed by atoms with van der Waals surface area (Å²) in [4.78, 5) is 14.3. The van der Waals surface area contributed by atoms with Gasteiger partial charge in [0.2, 0.25) is 0 Å². The van der Waals surface area contributed by atoms with E-state index in [0.29, 0.717) is 24.1 Å². The van der Waals surface area contributed by atoms with E-state index in [9.17, 15) is 4.79 Å². The summed E-state index contributed by atoms with van der Waals surface area (Å²) in [5.41, 5.74) is 7.14. The summed E-state index contributed by atoms with van der Waals surface area (Å²) in [5.74, 6) is 0.314. The Morgan fingerprint density at radius 2 is 2.11 bits per heavy atom. The van der Waals surface area contributed by atoms with Gasteiger partial charge in [0.05, 0.1) is 0 Å². The lowest BCUT2D eigenvalue weighted by Crippen LogP contribution is -2.32. The van der Waals surface area contributed by atoms with Gasteiger partial charge in [-0.2, -0.15) is 5.10 Å². The van der Waals surface area contributed by atoms with Crippen molar-refractivity contribution in [1.29, 1.82) is 0 Å². The van der Waals surface area contributed by atoms with Crippen molar-refractivity contribution in [2.24, 2.45) is 0 Å². The molecule has 5 heteroatoms. The van der Waals surface area contributed by atoms with Gasteiger partial charge < -0.3 is 10.6 Å². The maximum Gasteiger partial charge on any atom is 0.272 e. The molecule has 2 aromatic rings. The van der Waals surface area contributed by atoms with Crippen LogP contribution in [0.25, 0.3) is 0 Å². The number of amides is 1. The molecule has 1 aromatic heterocycles. The number of carbonyl (C=O) groups is 1. The van der Waals surface area contributed by atoms with Crippen molar-refractivity contribution >= 4 is 11.7 Å². The van der Waals surface area contributed by atoms with E-state index in [4.69, 9.17) is 5.73 Å². The molecule has 3 rings (SSSR count). The summed E-state index contributed by atoms with van der Waals surface area (Å²) in [6.45, 7) is 0.628. The van der Waals surface area contributed by atoms with Gasteiger partial charge in [-0.15, -0.1) is 0 Å². The predicted molar refractivity (Wildman–Crippen MR) is 72.3 cm³/mol. The number of nitrogens with two attached hydrogens (primary N) is 1. The number of H-pyrrole nitrogens is 1. The molecule has 0 radical (unpaired) electrons. The molecule has 1 aliphatic carbocycles. The lowest BCUT2D eigenvalue weighted by atomic mass is 10.2. The van der Waals surface area contributed by atoms with Gasteiger partial charge in [0.25, 0.3) is 5.91 Å². The zero-order chi connectivity index (χ0) is 13.2. The molecule has 0 bridgehead atoms. The van der Waals surface area contributed by atoms with Crippen LogP contribution in [0.1, 0.15) is 28.9 Å². The standard InChI is InChI=1S/C14H16N4O/c15-13-8-12(16-17-13)14(19)18(11-6-7-11)9-10-4-2-1-3-5-10/h1-5,8,11H,6-7,9H2,(H3,15,16,17). The van der Waals surface area contributed by atoms with Crippen molar-refractivity contribution in [3.8, 4) is 0 Å². The third-order valence-corrected chi connectivity index (χ3v) is 3.27. The minimum atomic E-state index is -0.0319. The molecule has 3 N–H and O–H groups in total. The topological polar surface area (TPSA) is 75.0 Å². The number of hydrogen-bond acceptors (Lipinski definition) is 3. The molecule has 0 spiro atoms. The molecule has 0 unspecified atom stereocenters. The summed E-state index contributed by atoms with van der Waals surface area (Å²) < 4.78 is 0. The van der Waals surface area contributed by atoms with Gasteiger partial charge in [0.1, 0.15) is 11.5 Å². The lowest BCUT2D eigenvalue weighted by molar-refractivity contribution is 0.0724. The van der Waals surface area contributed by atoms with Crippen LogP contribution in [0.3, 0.4) is 0 Å². The Morgan fingerprint density at radius 1 is 1.37 bits per heavy atom. The van der Waals surface area contributed by atoms with Crippen molar-refractivity contribution in [1.82, 2.24) is 15.1 Å². The van der Waals surface area contributed by atoms with Gasteiger partial charge in [0, 0.05) is 18.7 Å². The molecule has 19 heavy (non-hydrogen) atoms. The summed E-state index contributed by atoms with van der Waals surface area (Å²) in [5, 5.41) is 6.50. The van der Waals surface area contributed by atoms with Crippen LogP contribution in [-0.4, -0.2) is 27.0 Å². The van der Waals surface area contributed by atoms with E-state index in [1.165, 1.54) is 0 Å². The van der Waals surface area contributed by atoms with Gasteiger partial charge in [-0.3, -0.25) is 9.89 Å². The molecule has 0 atom stereocenters. The molecule has 1 amide bonds. The summed E-state index contributed by atoms with van der Waals surface area (Å²) in [6, 6.07) is 11.9. The number of hydrogen-bond donors (Lipinski definition) is 2. The second kappa shape index (κ2) is 4.76. The second-order valence-electron chi connectivity index (χ2n) is 4.86. The number of nitrogen functional groups attached to an aromatic ring is 1. The van der Waals surface area contributed by atoms with Crippen molar-refractivity contribution < 1.29 is 4.79 Å². The first-order valence-corrected chi connectivity index (χ1v) is 6.40. The average molecular weight is 256 g/mol. The normalized spacial score (nSPS) is 14.3. The molecule has 1 saturated carbocycles. The van der Waals surface area contributed by atoms with Crippen LogP contribution in [0, 0.1) is 0 Å². The Hall–Kier alpha value is -2.30. The van der Waals surface area contributed by atoms with Crippen LogP contribution < -0.4 is 5.73 Å². The molecule has 98 valence electrons. The molecular weight excluding hydrogens is 240 g/mol. The average Bonchev–Trinajstić information content (AvgIpc) is 3.18. The van der Waals surface area contributed by atoms with Crippen molar-refractivity contribution in [2.45, 2.75) is 25.4 Å². The molecule has 5 nitrogen and oxygen atoms in total. The summed E-state index contributed by atoms with van der Waals surface area (Å²) >= 11 is 0. The zero-order valence-electron chi connectivity index (χ0n) is 10.5. The van der Waals surface area contributed by atoms with Crippen molar-refractivity contribution in [2.75, 3.05) is 5.73 Å². The first-order chi connectivity index (χ1) is 9.24. The van der Waals surface area contributed by atoms with E-state index in [1.807, 2.05) is 35.2 Å². The number of rotatable bonds is 4. The Labute approximate surface area is 111 Å². The Bertz CT molecular complexity index is 574. The van der Waals surface area contributed by atoms with Gasteiger partial charge in [-0.25, -0.2) is 0 Å². The van der Waals surface area contributed by atoms with Crippen LogP contribution in [0.2, 0.25) is 0 Å². The van der Waals surface area contributed by atoms with Crippen LogP contribution in [-0.2, 0) is 6.54 Å². The maximum atomic E-state index is 12.4. The third-order valence-electron chi connectivity index (χ3n) is 3.27. The highest BCUT2D eigenvalue weighted by molar-refractivity contribution is 5.93. The van der Waals surface area contributed by atoms with Gasteiger partial charge in [-0.05, 0) is 18.4 Å². The lowest BCUT2D eigenvalue weighted by Gasteiger charge is -2.21.